The van der Waals surface area contributed by atoms with Gasteiger partial charge in [-0.2, -0.15) is 13.2 Å². The number of carbonyl (C=O) groups is 2. The molecule has 0 saturated carbocycles. The molecular formula is C25H24F3N5O2. The molecule has 10 heteroatoms. The summed E-state index contributed by atoms with van der Waals surface area (Å²) < 4.78 is 39.8. The van der Waals surface area contributed by atoms with E-state index < -0.39 is 17.6 Å². The van der Waals surface area contributed by atoms with Crippen LogP contribution in [-0.2, 0) is 12.7 Å². The second-order valence-corrected chi connectivity index (χ2v) is 8.02. The lowest BCUT2D eigenvalue weighted by atomic mass is 10.1. The normalized spacial score (nSPS) is 13.9. The number of aromatic nitrogens is 1. The lowest BCUT2D eigenvalue weighted by Crippen LogP contribution is -2.49. The van der Waals surface area contributed by atoms with Crippen LogP contribution in [0.5, 0.6) is 0 Å². The quantitative estimate of drug-likeness (QED) is 0.565. The molecule has 35 heavy (non-hydrogen) atoms. The van der Waals surface area contributed by atoms with Crippen LogP contribution < -0.4 is 15.5 Å². The molecule has 182 valence electrons. The second kappa shape index (κ2) is 10.5. The number of pyridine rings is 1. The first-order valence-electron chi connectivity index (χ1n) is 11.1. The number of urea groups is 1. The average Bonchev–Trinajstić information content (AvgIpc) is 2.88. The third-order valence-electron chi connectivity index (χ3n) is 5.68. The molecule has 2 aromatic carbocycles. The number of hydrogen-bond donors (Lipinski definition) is 2. The minimum absolute atomic E-state index is 0.285. The van der Waals surface area contributed by atoms with Crippen LogP contribution >= 0.6 is 0 Å². The van der Waals surface area contributed by atoms with Crippen molar-refractivity contribution in [1.29, 1.82) is 0 Å². The highest BCUT2D eigenvalue weighted by Crippen LogP contribution is 2.32. The van der Waals surface area contributed by atoms with Gasteiger partial charge < -0.3 is 15.1 Å². The van der Waals surface area contributed by atoms with Crippen molar-refractivity contribution in [1.82, 2.24) is 15.2 Å². The van der Waals surface area contributed by atoms with E-state index in [1.165, 1.54) is 23.1 Å². The summed E-state index contributed by atoms with van der Waals surface area (Å²) in [4.78, 5) is 32.5. The van der Waals surface area contributed by atoms with Crippen molar-refractivity contribution >= 4 is 23.4 Å². The van der Waals surface area contributed by atoms with Crippen LogP contribution in [0.25, 0.3) is 0 Å². The Morgan fingerprint density at radius 1 is 0.886 bits per heavy atom. The highest BCUT2D eigenvalue weighted by molar-refractivity contribution is 5.96. The van der Waals surface area contributed by atoms with Crippen LogP contribution in [0, 0.1) is 0 Å². The van der Waals surface area contributed by atoms with E-state index in [-0.39, 0.29) is 24.7 Å². The Kier molecular flexibility index (Phi) is 7.19. The maximum absolute atomic E-state index is 13.3. The van der Waals surface area contributed by atoms with E-state index in [0.29, 0.717) is 25.5 Å². The Hall–Kier alpha value is -4.08. The molecule has 0 spiro atoms. The topological polar surface area (TPSA) is 77.6 Å². The van der Waals surface area contributed by atoms with Gasteiger partial charge in [0, 0.05) is 32.7 Å². The molecule has 3 amide bonds. The van der Waals surface area contributed by atoms with Gasteiger partial charge in [0.15, 0.2) is 0 Å². The molecular weight excluding hydrogens is 459 g/mol. The van der Waals surface area contributed by atoms with Crippen molar-refractivity contribution in [3.05, 3.63) is 89.6 Å². The summed E-state index contributed by atoms with van der Waals surface area (Å²) in [5.74, 6) is -0.242. The Labute approximate surface area is 200 Å². The molecule has 2 heterocycles. The molecule has 1 aliphatic heterocycles. The largest absolute Gasteiger partial charge is 0.417 e. The molecule has 3 aromatic rings. The molecule has 0 atom stereocenters. The smallest absolute Gasteiger partial charge is 0.367 e. The summed E-state index contributed by atoms with van der Waals surface area (Å²) in [5, 5.41) is 5.43. The van der Waals surface area contributed by atoms with Crippen LogP contribution in [-0.4, -0.2) is 48.0 Å². The van der Waals surface area contributed by atoms with Crippen molar-refractivity contribution in [2.45, 2.75) is 12.7 Å². The van der Waals surface area contributed by atoms with Crippen LogP contribution in [0.15, 0.2) is 72.9 Å². The number of nitrogens with one attached hydrogen (secondary N) is 2. The molecule has 2 N–H and O–H groups in total. The number of halogens is 3. The number of carbonyl (C=O) groups excluding carboxylic acids is 2. The third kappa shape index (κ3) is 6.08. The SMILES string of the molecule is O=C(NCc1ccccc1)Nc1ccc(N2CCN(C(=O)c3ccccc3C(F)(F)F)CC2)cn1. The van der Waals surface area contributed by atoms with E-state index in [0.717, 1.165) is 17.3 Å². The molecule has 0 aliphatic carbocycles. The number of benzene rings is 2. The van der Waals surface area contributed by atoms with E-state index in [9.17, 15) is 22.8 Å². The van der Waals surface area contributed by atoms with Crippen molar-refractivity contribution < 1.29 is 22.8 Å². The standard InChI is InChI=1S/C25H24F3N5O2/c26-25(27,28)21-9-5-4-8-20(21)23(34)33-14-12-32(13-15-33)19-10-11-22(29-17-19)31-24(35)30-16-18-6-2-1-3-7-18/h1-11,17H,12-16H2,(H2,29,30,31,35). The van der Waals surface area contributed by atoms with E-state index >= 15 is 0 Å². The second-order valence-electron chi connectivity index (χ2n) is 8.02. The van der Waals surface area contributed by atoms with Gasteiger partial charge in [-0.1, -0.05) is 42.5 Å². The number of alkyl halides is 3. The van der Waals surface area contributed by atoms with Gasteiger partial charge in [0.25, 0.3) is 5.91 Å². The summed E-state index contributed by atoms with van der Waals surface area (Å²) in [7, 11) is 0. The summed E-state index contributed by atoms with van der Waals surface area (Å²) >= 11 is 0. The Morgan fingerprint density at radius 2 is 1.57 bits per heavy atom. The molecule has 4 rings (SSSR count). The lowest BCUT2D eigenvalue weighted by molar-refractivity contribution is -0.138. The molecule has 0 bridgehead atoms. The van der Waals surface area contributed by atoms with Crippen LogP contribution in [0.4, 0.5) is 29.5 Å². The molecule has 1 aromatic heterocycles. The van der Waals surface area contributed by atoms with Gasteiger partial charge in [-0.25, -0.2) is 9.78 Å². The molecule has 1 saturated heterocycles. The number of rotatable bonds is 5. The predicted molar refractivity (Wildman–Crippen MR) is 126 cm³/mol. The predicted octanol–water partition coefficient (Wildman–Crippen LogP) is 4.38. The summed E-state index contributed by atoms with van der Waals surface area (Å²) in [6.07, 6.45) is -2.97. The average molecular weight is 483 g/mol. The fourth-order valence-electron chi connectivity index (χ4n) is 3.84. The monoisotopic (exact) mass is 483 g/mol. The maximum Gasteiger partial charge on any atom is 0.417 e. The Morgan fingerprint density at radius 3 is 2.23 bits per heavy atom. The van der Waals surface area contributed by atoms with Gasteiger partial charge in [-0.15, -0.1) is 0 Å². The zero-order valence-electron chi connectivity index (χ0n) is 18.8. The van der Waals surface area contributed by atoms with Crippen LogP contribution in [0.3, 0.4) is 0 Å². The van der Waals surface area contributed by atoms with Gasteiger partial charge in [0.05, 0.1) is 23.0 Å². The zero-order chi connectivity index (χ0) is 24.8. The van der Waals surface area contributed by atoms with Gasteiger partial charge in [-0.3, -0.25) is 10.1 Å². The first-order valence-corrected chi connectivity index (χ1v) is 11.1. The van der Waals surface area contributed by atoms with E-state index in [2.05, 4.69) is 15.6 Å². The van der Waals surface area contributed by atoms with Crippen molar-refractivity contribution in [2.24, 2.45) is 0 Å². The molecule has 0 unspecified atom stereocenters. The first-order chi connectivity index (χ1) is 16.8. The van der Waals surface area contributed by atoms with Crippen LogP contribution in [0.1, 0.15) is 21.5 Å². The minimum atomic E-state index is -4.59. The number of amides is 3. The van der Waals surface area contributed by atoms with E-state index in [1.807, 2.05) is 35.2 Å². The van der Waals surface area contributed by atoms with Gasteiger partial charge in [0.2, 0.25) is 0 Å². The van der Waals surface area contributed by atoms with Gasteiger partial charge in [-0.05, 0) is 29.8 Å². The van der Waals surface area contributed by atoms with E-state index in [1.54, 1.807) is 18.3 Å². The maximum atomic E-state index is 13.3. The number of nitrogens with zero attached hydrogens (tertiary/aromatic N) is 3. The fraction of sp³-hybridized carbons (Fsp3) is 0.240. The first kappa shape index (κ1) is 24.1. The molecule has 1 fully saturated rings. The van der Waals surface area contributed by atoms with Crippen molar-refractivity contribution in [3.8, 4) is 0 Å². The zero-order valence-corrected chi connectivity index (χ0v) is 18.8. The summed E-state index contributed by atoms with van der Waals surface area (Å²) in [6, 6.07) is 17.5. The summed E-state index contributed by atoms with van der Waals surface area (Å²) in [6.45, 7) is 1.86. The number of hydrogen-bond acceptors (Lipinski definition) is 4. The van der Waals surface area contributed by atoms with Gasteiger partial charge >= 0.3 is 12.2 Å². The molecule has 7 nitrogen and oxygen atoms in total. The van der Waals surface area contributed by atoms with Gasteiger partial charge in [0.1, 0.15) is 5.82 Å². The highest BCUT2D eigenvalue weighted by atomic mass is 19.4. The highest BCUT2D eigenvalue weighted by Gasteiger charge is 2.36. The Balaban J connectivity index is 1.30. The molecule has 0 radical (unpaired) electrons. The number of piperazine rings is 1. The molecule has 1 aliphatic rings. The van der Waals surface area contributed by atoms with Crippen molar-refractivity contribution in [2.75, 3.05) is 36.4 Å². The third-order valence-corrected chi connectivity index (χ3v) is 5.68. The number of anilines is 2. The lowest BCUT2D eigenvalue weighted by Gasteiger charge is -2.36. The minimum Gasteiger partial charge on any atom is -0.367 e. The van der Waals surface area contributed by atoms with Crippen LogP contribution in [0.2, 0.25) is 0 Å². The summed E-state index contributed by atoms with van der Waals surface area (Å²) in [5.41, 5.74) is 0.511. The van der Waals surface area contributed by atoms with Crippen molar-refractivity contribution in [3.63, 3.8) is 0 Å². The van der Waals surface area contributed by atoms with E-state index in [4.69, 9.17) is 0 Å². The fourth-order valence-corrected chi connectivity index (χ4v) is 3.84. The Bertz CT molecular complexity index is 1160.